The first-order valence-corrected chi connectivity index (χ1v) is 7.17. The maximum absolute atomic E-state index is 6.66. The molecule has 0 radical (unpaired) electrons. The highest BCUT2D eigenvalue weighted by atomic mass is 16.5. The van der Waals surface area contributed by atoms with Gasteiger partial charge in [-0.15, -0.1) is 0 Å². The molecule has 0 bridgehead atoms. The van der Waals surface area contributed by atoms with Gasteiger partial charge in [-0.25, -0.2) is 0 Å². The highest BCUT2D eigenvalue weighted by molar-refractivity contribution is 5.02. The van der Waals surface area contributed by atoms with Gasteiger partial charge in [-0.3, -0.25) is 0 Å². The van der Waals surface area contributed by atoms with Crippen LogP contribution in [0.15, 0.2) is 0 Å². The van der Waals surface area contributed by atoms with Crippen LogP contribution in [0.1, 0.15) is 44.9 Å². The highest BCUT2D eigenvalue weighted by Gasteiger charge is 2.43. The minimum Gasteiger partial charge on any atom is -0.381 e. The lowest BCUT2D eigenvalue weighted by Crippen LogP contribution is -2.61. The van der Waals surface area contributed by atoms with E-state index in [0.717, 1.165) is 26.1 Å². The Bertz CT molecular complexity index is 230. The minimum atomic E-state index is 0.250. The lowest BCUT2D eigenvalue weighted by molar-refractivity contribution is 0.00385. The molecular weight excluding hydrogens is 212 g/mol. The van der Waals surface area contributed by atoms with E-state index in [1.165, 1.54) is 32.1 Å². The van der Waals surface area contributed by atoms with Gasteiger partial charge in [0.1, 0.15) is 0 Å². The van der Waals surface area contributed by atoms with Crippen LogP contribution in [-0.2, 0) is 4.74 Å². The second-order valence-corrected chi connectivity index (χ2v) is 6.03. The first-order valence-electron chi connectivity index (χ1n) is 7.17. The number of likely N-dealkylation sites (N-methyl/N-ethyl adjacent to an activating group) is 1. The van der Waals surface area contributed by atoms with Crippen molar-refractivity contribution in [1.82, 2.24) is 4.90 Å². The molecule has 1 saturated carbocycles. The summed E-state index contributed by atoms with van der Waals surface area (Å²) in [6.07, 6.45) is 8.92. The summed E-state index contributed by atoms with van der Waals surface area (Å²) in [4.78, 5) is 2.41. The fourth-order valence-electron chi connectivity index (χ4n) is 3.76. The summed E-state index contributed by atoms with van der Waals surface area (Å²) in [7, 11) is 4.43. The molecule has 2 N–H and O–H groups in total. The van der Waals surface area contributed by atoms with Crippen LogP contribution in [0.5, 0.6) is 0 Å². The van der Waals surface area contributed by atoms with Gasteiger partial charge in [0, 0.05) is 24.8 Å². The number of hydrogen-bond acceptors (Lipinski definition) is 3. The van der Waals surface area contributed by atoms with Crippen molar-refractivity contribution >= 4 is 0 Å². The van der Waals surface area contributed by atoms with Gasteiger partial charge >= 0.3 is 0 Å². The van der Waals surface area contributed by atoms with Gasteiger partial charge in [0.2, 0.25) is 0 Å². The van der Waals surface area contributed by atoms with Crippen LogP contribution in [0, 0.1) is 5.92 Å². The Morgan fingerprint density at radius 3 is 2.24 bits per heavy atom. The summed E-state index contributed by atoms with van der Waals surface area (Å²) in [6, 6.07) is 0.321. The molecular formula is C14H28N2O. The normalized spacial score (nSPS) is 28.2. The first-order chi connectivity index (χ1) is 8.17. The fourth-order valence-corrected chi connectivity index (χ4v) is 3.76. The second-order valence-electron chi connectivity index (χ2n) is 6.03. The lowest BCUT2D eigenvalue weighted by Gasteiger charge is -2.50. The quantitative estimate of drug-likeness (QED) is 0.820. The van der Waals surface area contributed by atoms with E-state index in [1.54, 1.807) is 0 Å². The van der Waals surface area contributed by atoms with Crippen LogP contribution < -0.4 is 5.73 Å². The van der Waals surface area contributed by atoms with E-state index < -0.39 is 0 Å². The molecule has 1 aliphatic heterocycles. The third kappa shape index (κ3) is 2.67. The van der Waals surface area contributed by atoms with Crippen LogP contribution >= 0.6 is 0 Å². The zero-order valence-corrected chi connectivity index (χ0v) is 11.5. The van der Waals surface area contributed by atoms with Crippen molar-refractivity contribution in [2.24, 2.45) is 11.7 Å². The van der Waals surface area contributed by atoms with Crippen LogP contribution in [0.3, 0.4) is 0 Å². The van der Waals surface area contributed by atoms with Crippen LogP contribution in [0.4, 0.5) is 0 Å². The Morgan fingerprint density at radius 1 is 1.12 bits per heavy atom. The Kier molecular flexibility index (Phi) is 4.45. The maximum Gasteiger partial charge on any atom is 0.0469 e. The molecule has 1 heterocycles. The highest BCUT2D eigenvalue weighted by Crippen LogP contribution is 2.38. The number of nitrogens with two attached hydrogens (primary N) is 1. The molecule has 1 aliphatic carbocycles. The zero-order chi connectivity index (χ0) is 12.3. The minimum absolute atomic E-state index is 0.250. The number of hydrogen-bond donors (Lipinski definition) is 1. The van der Waals surface area contributed by atoms with E-state index >= 15 is 0 Å². The Labute approximate surface area is 106 Å². The van der Waals surface area contributed by atoms with Crippen LogP contribution in [0.25, 0.3) is 0 Å². The Hall–Kier alpha value is -0.120. The molecule has 100 valence electrons. The standard InChI is InChI=1S/C14H28N2O/c1-16(2)14(8-4-3-5-9-14)13(15)12-6-10-17-11-7-12/h12-13H,3-11,15H2,1-2H3. The van der Waals surface area contributed by atoms with Gasteiger partial charge in [0.25, 0.3) is 0 Å². The summed E-state index contributed by atoms with van der Waals surface area (Å²) >= 11 is 0. The average molecular weight is 240 g/mol. The van der Waals surface area contributed by atoms with Gasteiger partial charge in [-0.2, -0.15) is 0 Å². The Balaban J connectivity index is 2.08. The lowest BCUT2D eigenvalue weighted by atomic mass is 9.70. The summed E-state index contributed by atoms with van der Waals surface area (Å²) in [6.45, 7) is 1.81. The van der Waals surface area contributed by atoms with Crippen molar-refractivity contribution in [3.63, 3.8) is 0 Å². The molecule has 0 aromatic rings. The monoisotopic (exact) mass is 240 g/mol. The third-order valence-electron chi connectivity index (χ3n) is 5.00. The van der Waals surface area contributed by atoms with Crippen molar-refractivity contribution in [1.29, 1.82) is 0 Å². The van der Waals surface area contributed by atoms with E-state index in [-0.39, 0.29) is 5.54 Å². The molecule has 0 amide bonds. The van der Waals surface area contributed by atoms with Crippen LogP contribution in [0.2, 0.25) is 0 Å². The molecule has 0 aromatic carbocycles. The van der Waals surface area contributed by atoms with Crippen molar-refractivity contribution in [3.05, 3.63) is 0 Å². The van der Waals surface area contributed by atoms with E-state index in [9.17, 15) is 0 Å². The van der Waals surface area contributed by atoms with Crippen molar-refractivity contribution < 1.29 is 4.74 Å². The predicted octanol–water partition coefficient (Wildman–Crippen LogP) is 2.00. The fraction of sp³-hybridized carbons (Fsp3) is 1.00. The van der Waals surface area contributed by atoms with E-state index in [1.807, 2.05) is 0 Å². The summed E-state index contributed by atoms with van der Waals surface area (Å²) in [5.74, 6) is 0.657. The van der Waals surface area contributed by atoms with Crippen molar-refractivity contribution in [3.8, 4) is 0 Å². The molecule has 0 spiro atoms. The molecule has 2 rings (SSSR count). The van der Waals surface area contributed by atoms with Crippen molar-refractivity contribution in [2.75, 3.05) is 27.3 Å². The summed E-state index contributed by atoms with van der Waals surface area (Å²) in [5, 5.41) is 0. The largest absolute Gasteiger partial charge is 0.381 e. The van der Waals surface area contributed by atoms with Gasteiger partial charge in [-0.1, -0.05) is 19.3 Å². The van der Waals surface area contributed by atoms with Gasteiger partial charge in [0.05, 0.1) is 0 Å². The van der Waals surface area contributed by atoms with Gasteiger partial charge in [-0.05, 0) is 45.7 Å². The van der Waals surface area contributed by atoms with Gasteiger partial charge < -0.3 is 15.4 Å². The molecule has 2 aliphatic rings. The molecule has 3 nitrogen and oxygen atoms in total. The number of ether oxygens (including phenoxy) is 1. The molecule has 1 atom stereocenters. The molecule has 1 saturated heterocycles. The molecule has 2 fully saturated rings. The number of rotatable bonds is 3. The van der Waals surface area contributed by atoms with Gasteiger partial charge in [0.15, 0.2) is 0 Å². The average Bonchev–Trinajstić information content (AvgIpc) is 2.39. The Morgan fingerprint density at radius 2 is 1.71 bits per heavy atom. The topological polar surface area (TPSA) is 38.5 Å². The summed E-state index contributed by atoms with van der Waals surface area (Å²) < 4.78 is 5.46. The first kappa shape index (κ1) is 13.3. The van der Waals surface area contributed by atoms with E-state index in [2.05, 4.69) is 19.0 Å². The molecule has 0 aromatic heterocycles. The smallest absolute Gasteiger partial charge is 0.0469 e. The second kappa shape index (κ2) is 5.68. The third-order valence-corrected chi connectivity index (χ3v) is 5.00. The maximum atomic E-state index is 6.66. The SMILES string of the molecule is CN(C)C1(C(N)C2CCOCC2)CCCCC1. The number of nitrogens with zero attached hydrogens (tertiary/aromatic N) is 1. The predicted molar refractivity (Wildman–Crippen MR) is 71.0 cm³/mol. The van der Waals surface area contributed by atoms with E-state index in [0.29, 0.717) is 12.0 Å². The summed E-state index contributed by atoms with van der Waals surface area (Å²) in [5.41, 5.74) is 6.91. The van der Waals surface area contributed by atoms with E-state index in [4.69, 9.17) is 10.5 Å². The molecule has 1 unspecified atom stereocenters. The molecule has 17 heavy (non-hydrogen) atoms. The molecule has 3 heteroatoms. The zero-order valence-electron chi connectivity index (χ0n) is 11.5. The van der Waals surface area contributed by atoms with Crippen LogP contribution in [-0.4, -0.2) is 43.8 Å². The van der Waals surface area contributed by atoms with Crippen molar-refractivity contribution in [2.45, 2.75) is 56.5 Å².